The quantitative estimate of drug-likeness (QED) is 0.220. The lowest BCUT2D eigenvalue weighted by molar-refractivity contribution is 0.200. The Kier molecular flexibility index (Phi) is 6.98. The summed E-state index contributed by atoms with van der Waals surface area (Å²) < 4.78 is 13.1. The summed E-state index contributed by atoms with van der Waals surface area (Å²) in [4.78, 5) is 0. The molecule has 178 valence electrons. The molecule has 4 aromatic carbocycles. The highest BCUT2D eigenvalue weighted by Crippen LogP contribution is 2.57. The summed E-state index contributed by atoms with van der Waals surface area (Å²) in [5, 5.41) is 18.4. The number of ether oxygens (including phenoxy) is 2. The van der Waals surface area contributed by atoms with E-state index in [2.05, 4.69) is 105 Å². The normalized spacial score (nSPS) is 13.3. The van der Waals surface area contributed by atoms with Crippen LogP contribution in [-0.2, 0) is 5.41 Å². The predicted octanol–water partition coefficient (Wildman–Crippen LogP) is 6.32. The molecule has 0 aliphatic heterocycles. The number of rotatable bonds is 8. The third-order valence-electron chi connectivity index (χ3n) is 6.38. The van der Waals surface area contributed by atoms with Crippen molar-refractivity contribution in [3.63, 3.8) is 0 Å². The van der Waals surface area contributed by atoms with Crippen molar-refractivity contribution in [3.05, 3.63) is 116 Å². The molecule has 6 heteroatoms. The van der Waals surface area contributed by atoms with Gasteiger partial charge < -0.3 is 19.7 Å². The van der Waals surface area contributed by atoms with Gasteiger partial charge in [-0.15, -0.1) is 0 Å². The van der Waals surface area contributed by atoms with E-state index in [1.165, 1.54) is 22.3 Å². The van der Waals surface area contributed by atoms with Gasteiger partial charge in [0.15, 0.2) is 0 Å². The fourth-order valence-electron chi connectivity index (χ4n) is 5.04. The minimum Gasteiger partial charge on any atom is -0.490 e. The predicted molar refractivity (Wildman–Crippen MR) is 144 cm³/mol. The monoisotopic (exact) mass is 594 g/mol. The van der Waals surface area contributed by atoms with E-state index in [1.807, 2.05) is 12.1 Å². The standard InChI is InChI=1S/C29H24Br2O4/c30-25-17-19(9-11-27(25)34-15-13-32)29(20-10-12-28(26(31)18-20)35-16-14-33)23-7-3-1-5-21(23)22-6-2-4-8-24(22)29/h1-12,17-18,32-33H,13-16H2. The van der Waals surface area contributed by atoms with Gasteiger partial charge in [-0.05, 0) is 89.5 Å². The van der Waals surface area contributed by atoms with E-state index in [9.17, 15) is 10.2 Å². The lowest BCUT2D eigenvalue weighted by Gasteiger charge is -2.34. The van der Waals surface area contributed by atoms with Crippen LogP contribution in [0.25, 0.3) is 11.1 Å². The van der Waals surface area contributed by atoms with Crippen LogP contribution in [0.1, 0.15) is 22.3 Å². The van der Waals surface area contributed by atoms with Gasteiger partial charge in [-0.1, -0.05) is 60.7 Å². The summed E-state index contributed by atoms with van der Waals surface area (Å²) in [7, 11) is 0. The zero-order valence-corrected chi connectivity index (χ0v) is 22.1. The van der Waals surface area contributed by atoms with E-state index >= 15 is 0 Å². The number of aliphatic hydroxyl groups is 2. The zero-order chi connectivity index (χ0) is 24.4. The highest BCUT2D eigenvalue weighted by atomic mass is 79.9. The summed E-state index contributed by atoms with van der Waals surface area (Å²) in [5.74, 6) is 1.37. The maximum absolute atomic E-state index is 9.19. The summed E-state index contributed by atoms with van der Waals surface area (Å²) in [6.45, 7) is 0.378. The average Bonchev–Trinajstić information content (AvgIpc) is 3.18. The fraction of sp³-hybridized carbons (Fsp3) is 0.172. The van der Waals surface area contributed by atoms with Crippen molar-refractivity contribution in [2.45, 2.75) is 5.41 Å². The molecule has 1 aliphatic carbocycles. The van der Waals surface area contributed by atoms with Gasteiger partial charge in [0, 0.05) is 0 Å². The minimum atomic E-state index is -0.566. The molecule has 0 aromatic heterocycles. The van der Waals surface area contributed by atoms with Crippen LogP contribution in [-0.4, -0.2) is 36.6 Å². The van der Waals surface area contributed by atoms with Crippen LogP contribution < -0.4 is 9.47 Å². The molecule has 1 aliphatic rings. The largest absolute Gasteiger partial charge is 0.490 e. The molecular formula is C29H24Br2O4. The Morgan fingerprint density at radius 3 is 1.43 bits per heavy atom. The highest BCUT2D eigenvalue weighted by molar-refractivity contribution is 9.10. The molecule has 4 nitrogen and oxygen atoms in total. The van der Waals surface area contributed by atoms with Gasteiger partial charge in [-0.2, -0.15) is 0 Å². The van der Waals surface area contributed by atoms with E-state index in [-0.39, 0.29) is 26.4 Å². The van der Waals surface area contributed by atoms with Crippen LogP contribution in [0.5, 0.6) is 11.5 Å². The van der Waals surface area contributed by atoms with E-state index in [1.54, 1.807) is 0 Å². The van der Waals surface area contributed by atoms with Crippen molar-refractivity contribution in [2.75, 3.05) is 26.4 Å². The second kappa shape index (κ2) is 10.2. The molecular weight excluding hydrogens is 572 g/mol. The molecule has 0 atom stereocenters. The molecule has 0 saturated carbocycles. The first-order valence-corrected chi connectivity index (χ1v) is 13.0. The summed E-state index contributed by atoms with van der Waals surface area (Å²) >= 11 is 7.39. The molecule has 2 N–H and O–H groups in total. The van der Waals surface area contributed by atoms with Gasteiger partial charge >= 0.3 is 0 Å². The molecule has 0 radical (unpaired) electrons. The van der Waals surface area contributed by atoms with E-state index in [4.69, 9.17) is 9.47 Å². The Bertz CT molecular complexity index is 1260. The van der Waals surface area contributed by atoms with E-state index in [0.29, 0.717) is 11.5 Å². The van der Waals surface area contributed by atoms with Crippen molar-refractivity contribution in [3.8, 4) is 22.6 Å². The second-order valence-electron chi connectivity index (χ2n) is 8.28. The molecule has 0 saturated heterocycles. The Balaban J connectivity index is 1.78. The Labute approximate surface area is 221 Å². The van der Waals surface area contributed by atoms with Crippen LogP contribution in [0.4, 0.5) is 0 Å². The third-order valence-corrected chi connectivity index (χ3v) is 7.62. The number of halogens is 2. The van der Waals surface area contributed by atoms with E-state index in [0.717, 1.165) is 20.1 Å². The maximum Gasteiger partial charge on any atom is 0.133 e. The topological polar surface area (TPSA) is 58.9 Å². The van der Waals surface area contributed by atoms with Crippen LogP contribution in [0.15, 0.2) is 93.9 Å². The molecule has 0 fully saturated rings. The number of hydrogen-bond acceptors (Lipinski definition) is 4. The molecule has 5 rings (SSSR count). The minimum absolute atomic E-state index is 0.0440. The average molecular weight is 596 g/mol. The van der Waals surface area contributed by atoms with Crippen molar-refractivity contribution in [2.24, 2.45) is 0 Å². The summed E-state index contributed by atoms with van der Waals surface area (Å²) in [6, 6.07) is 29.4. The van der Waals surface area contributed by atoms with Crippen molar-refractivity contribution < 1.29 is 19.7 Å². The Morgan fingerprint density at radius 2 is 1.03 bits per heavy atom. The lowest BCUT2D eigenvalue weighted by Crippen LogP contribution is -2.28. The van der Waals surface area contributed by atoms with Crippen molar-refractivity contribution in [1.29, 1.82) is 0 Å². The highest BCUT2D eigenvalue weighted by Gasteiger charge is 2.46. The van der Waals surface area contributed by atoms with Crippen molar-refractivity contribution >= 4 is 31.9 Å². The van der Waals surface area contributed by atoms with Gasteiger partial charge in [0.2, 0.25) is 0 Å². The van der Waals surface area contributed by atoms with Gasteiger partial charge in [0.1, 0.15) is 24.7 Å². The number of fused-ring (bicyclic) bond motifs is 3. The van der Waals surface area contributed by atoms with Gasteiger partial charge in [0.05, 0.1) is 27.6 Å². The number of aliphatic hydroxyl groups excluding tert-OH is 2. The van der Waals surface area contributed by atoms with Crippen LogP contribution in [0, 0.1) is 0 Å². The van der Waals surface area contributed by atoms with Gasteiger partial charge in [-0.25, -0.2) is 0 Å². The Morgan fingerprint density at radius 1 is 0.600 bits per heavy atom. The molecule has 0 spiro atoms. The van der Waals surface area contributed by atoms with Crippen LogP contribution in [0.2, 0.25) is 0 Å². The van der Waals surface area contributed by atoms with E-state index < -0.39 is 5.41 Å². The van der Waals surface area contributed by atoms with Crippen LogP contribution >= 0.6 is 31.9 Å². The lowest BCUT2D eigenvalue weighted by atomic mass is 9.67. The molecule has 0 heterocycles. The Hall–Kier alpha value is -2.64. The molecule has 0 unspecified atom stereocenters. The SMILES string of the molecule is OCCOc1ccc(C2(c3ccc(OCCO)c(Br)c3)c3ccccc3-c3ccccc32)cc1Br. The van der Waals surface area contributed by atoms with Crippen LogP contribution in [0.3, 0.4) is 0 Å². The molecule has 4 aromatic rings. The number of hydrogen-bond donors (Lipinski definition) is 2. The number of benzene rings is 4. The van der Waals surface area contributed by atoms with Gasteiger partial charge in [-0.3, -0.25) is 0 Å². The molecule has 0 amide bonds. The smallest absolute Gasteiger partial charge is 0.133 e. The summed E-state index contributed by atoms with van der Waals surface area (Å²) in [6.07, 6.45) is 0. The molecule has 0 bridgehead atoms. The fourth-order valence-corrected chi connectivity index (χ4v) is 6.02. The van der Waals surface area contributed by atoms with Gasteiger partial charge in [0.25, 0.3) is 0 Å². The maximum atomic E-state index is 9.19. The van der Waals surface area contributed by atoms with Crippen molar-refractivity contribution in [1.82, 2.24) is 0 Å². The molecule has 35 heavy (non-hydrogen) atoms. The zero-order valence-electron chi connectivity index (χ0n) is 18.9. The summed E-state index contributed by atoms with van der Waals surface area (Å²) in [5.41, 5.74) is 6.43. The first-order valence-electron chi connectivity index (χ1n) is 11.4. The third kappa shape index (κ3) is 4.08. The first kappa shape index (κ1) is 24.1. The first-order chi connectivity index (χ1) is 17.1. The second-order valence-corrected chi connectivity index (χ2v) is 9.98.